The van der Waals surface area contributed by atoms with Gasteiger partial charge in [0.2, 0.25) is 0 Å². The van der Waals surface area contributed by atoms with E-state index in [9.17, 15) is 4.79 Å². The Kier molecular flexibility index (Phi) is 4.54. The first-order chi connectivity index (χ1) is 11.3. The summed E-state index contributed by atoms with van der Waals surface area (Å²) in [6.45, 7) is 5.52. The predicted octanol–water partition coefficient (Wildman–Crippen LogP) is 5.69. The molecule has 0 aliphatic carbocycles. The molecule has 0 unspecified atom stereocenters. The zero-order valence-corrected chi connectivity index (χ0v) is 15.6. The lowest BCUT2D eigenvalue weighted by Crippen LogP contribution is -2.27. The first-order valence-corrected chi connectivity index (χ1v) is 8.69. The van der Waals surface area contributed by atoms with Crippen LogP contribution in [-0.2, 0) is 17.6 Å². The van der Waals surface area contributed by atoms with E-state index in [2.05, 4.69) is 27.3 Å². The second-order valence-corrected chi connectivity index (χ2v) is 7.63. The Morgan fingerprint density at radius 3 is 2.67 bits per heavy atom. The molecule has 0 spiro atoms. The van der Waals surface area contributed by atoms with Crippen molar-refractivity contribution >= 4 is 27.7 Å². The summed E-state index contributed by atoms with van der Waals surface area (Å²) >= 11 is 3.55. The van der Waals surface area contributed by atoms with E-state index in [0.717, 1.165) is 34.4 Å². The Balaban J connectivity index is 1.81. The van der Waals surface area contributed by atoms with Gasteiger partial charge in [0.25, 0.3) is 0 Å². The van der Waals surface area contributed by atoms with Crippen LogP contribution in [0.4, 0.5) is 10.5 Å². The minimum absolute atomic E-state index is 0.456. The number of halogens is 1. The maximum atomic E-state index is 11.9. The minimum Gasteiger partial charge on any atom is -0.456 e. The Morgan fingerprint density at radius 2 is 1.92 bits per heavy atom. The van der Waals surface area contributed by atoms with E-state index in [4.69, 9.17) is 9.47 Å². The van der Waals surface area contributed by atoms with Crippen molar-refractivity contribution in [3.05, 3.63) is 52.0 Å². The molecule has 1 aliphatic heterocycles. The van der Waals surface area contributed by atoms with Gasteiger partial charge in [0.1, 0.15) is 17.1 Å². The number of amides is 1. The number of para-hydroxylation sites is 1. The van der Waals surface area contributed by atoms with Crippen molar-refractivity contribution in [2.75, 3.05) is 5.32 Å². The van der Waals surface area contributed by atoms with Crippen LogP contribution >= 0.6 is 15.9 Å². The number of hydrogen-bond acceptors (Lipinski definition) is 3. The van der Waals surface area contributed by atoms with E-state index in [0.29, 0.717) is 5.69 Å². The van der Waals surface area contributed by atoms with E-state index < -0.39 is 11.7 Å². The Labute approximate surface area is 150 Å². The number of benzene rings is 2. The van der Waals surface area contributed by atoms with Crippen LogP contribution in [0.15, 0.2) is 40.9 Å². The fourth-order valence-corrected chi connectivity index (χ4v) is 3.11. The molecule has 24 heavy (non-hydrogen) atoms. The highest BCUT2D eigenvalue weighted by Crippen LogP contribution is 2.39. The van der Waals surface area contributed by atoms with Crippen molar-refractivity contribution in [1.82, 2.24) is 0 Å². The fourth-order valence-electron chi connectivity index (χ4n) is 2.62. The van der Waals surface area contributed by atoms with Gasteiger partial charge in [0, 0.05) is 5.69 Å². The zero-order valence-electron chi connectivity index (χ0n) is 14.0. The lowest BCUT2D eigenvalue weighted by atomic mass is 10.0. The third-order valence-corrected chi connectivity index (χ3v) is 4.25. The SMILES string of the molecule is CC(C)(C)OC(=O)Nc1ccc2c(c1)CCc1cccc(Br)c1O2. The van der Waals surface area contributed by atoms with Gasteiger partial charge in [-0.15, -0.1) is 0 Å². The molecule has 0 atom stereocenters. The summed E-state index contributed by atoms with van der Waals surface area (Å²) in [5.74, 6) is 1.68. The Morgan fingerprint density at radius 1 is 1.17 bits per heavy atom. The molecule has 5 heteroatoms. The van der Waals surface area contributed by atoms with Crippen LogP contribution in [0.1, 0.15) is 31.9 Å². The smallest absolute Gasteiger partial charge is 0.412 e. The summed E-state index contributed by atoms with van der Waals surface area (Å²) in [5.41, 5.74) is 2.41. The van der Waals surface area contributed by atoms with Crippen LogP contribution in [0.25, 0.3) is 0 Å². The molecule has 1 amide bonds. The summed E-state index contributed by atoms with van der Waals surface area (Å²) in [4.78, 5) is 11.9. The van der Waals surface area contributed by atoms with E-state index in [1.807, 2.05) is 51.1 Å². The van der Waals surface area contributed by atoms with Gasteiger partial charge in [-0.2, -0.15) is 0 Å². The maximum Gasteiger partial charge on any atom is 0.412 e. The van der Waals surface area contributed by atoms with Crippen LogP contribution in [0.3, 0.4) is 0 Å². The number of aryl methyl sites for hydroxylation is 2. The van der Waals surface area contributed by atoms with Crippen LogP contribution in [0.2, 0.25) is 0 Å². The second kappa shape index (κ2) is 6.48. The molecule has 2 aromatic carbocycles. The number of ether oxygens (including phenoxy) is 2. The second-order valence-electron chi connectivity index (χ2n) is 6.78. The first kappa shape index (κ1) is 16.8. The molecule has 0 saturated heterocycles. The van der Waals surface area contributed by atoms with Crippen molar-refractivity contribution in [3.8, 4) is 11.5 Å². The molecule has 126 valence electrons. The lowest BCUT2D eigenvalue weighted by Gasteiger charge is -2.20. The van der Waals surface area contributed by atoms with Gasteiger partial charge in [-0.1, -0.05) is 12.1 Å². The predicted molar refractivity (Wildman–Crippen MR) is 97.9 cm³/mol. The molecule has 1 N–H and O–H groups in total. The number of hydrogen-bond donors (Lipinski definition) is 1. The van der Waals surface area contributed by atoms with E-state index in [-0.39, 0.29) is 0 Å². The van der Waals surface area contributed by atoms with Gasteiger partial charge in [-0.05, 0) is 84.9 Å². The van der Waals surface area contributed by atoms with Gasteiger partial charge < -0.3 is 9.47 Å². The molecule has 0 radical (unpaired) electrons. The molecule has 4 nitrogen and oxygen atoms in total. The first-order valence-electron chi connectivity index (χ1n) is 7.90. The molecule has 2 aromatic rings. The minimum atomic E-state index is -0.521. The van der Waals surface area contributed by atoms with Crippen LogP contribution in [0, 0.1) is 0 Å². The van der Waals surface area contributed by atoms with Crippen LogP contribution < -0.4 is 10.1 Å². The Bertz CT molecular complexity index is 781. The zero-order chi connectivity index (χ0) is 17.3. The summed E-state index contributed by atoms with van der Waals surface area (Å²) in [6, 6.07) is 11.7. The van der Waals surface area contributed by atoms with Crippen molar-refractivity contribution in [3.63, 3.8) is 0 Å². The number of nitrogens with one attached hydrogen (secondary N) is 1. The van der Waals surface area contributed by atoms with Crippen molar-refractivity contribution in [2.45, 2.75) is 39.2 Å². The molecular weight excluding hydrogens is 370 g/mol. The number of carbonyl (C=O) groups is 1. The lowest BCUT2D eigenvalue weighted by molar-refractivity contribution is 0.0636. The monoisotopic (exact) mass is 389 g/mol. The van der Waals surface area contributed by atoms with E-state index in [1.54, 1.807) is 0 Å². The Hall–Kier alpha value is -2.01. The van der Waals surface area contributed by atoms with Gasteiger partial charge >= 0.3 is 6.09 Å². The van der Waals surface area contributed by atoms with Gasteiger partial charge in [0.05, 0.1) is 4.47 Å². The molecule has 0 saturated carbocycles. The van der Waals surface area contributed by atoms with Crippen LogP contribution in [0.5, 0.6) is 11.5 Å². The number of rotatable bonds is 1. The van der Waals surface area contributed by atoms with E-state index >= 15 is 0 Å². The summed E-state index contributed by atoms with van der Waals surface area (Å²) in [5, 5.41) is 2.78. The van der Waals surface area contributed by atoms with Crippen molar-refractivity contribution in [2.24, 2.45) is 0 Å². The summed E-state index contributed by atoms with van der Waals surface area (Å²) in [7, 11) is 0. The molecule has 1 heterocycles. The quantitative estimate of drug-likeness (QED) is 0.681. The largest absolute Gasteiger partial charge is 0.456 e. The molecule has 0 bridgehead atoms. The van der Waals surface area contributed by atoms with E-state index in [1.165, 1.54) is 5.56 Å². The number of carbonyl (C=O) groups excluding carboxylic acids is 1. The molecule has 3 rings (SSSR count). The number of fused-ring (bicyclic) bond motifs is 2. The molecule has 0 aromatic heterocycles. The summed E-state index contributed by atoms with van der Waals surface area (Å²) in [6.07, 6.45) is 1.28. The average molecular weight is 390 g/mol. The normalized spacial score (nSPS) is 13.2. The molecule has 0 fully saturated rings. The van der Waals surface area contributed by atoms with Gasteiger partial charge in [-0.3, -0.25) is 5.32 Å². The molecule has 1 aliphatic rings. The highest BCUT2D eigenvalue weighted by molar-refractivity contribution is 9.10. The standard InChI is InChI=1S/C19H20BrNO3/c1-19(2,3)24-18(22)21-14-9-10-16-13(11-14)8-7-12-5-4-6-15(20)17(12)23-16/h4-6,9-11H,7-8H2,1-3H3,(H,21,22). The highest BCUT2D eigenvalue weighted by atomic mass is 79.9. The topological polar surface area (TPSA) is 47.6 Å². The van der Waals surface area contributed by atoms with Crippen LogP contribution in [-0.4, -0.2) is 11.7 Å². The summed E-state index contributed by atoms with van der Waals surface area (Å²) < 4.78 is 12.3. The third-order valence-electron chi connectivity index (χ3n) is 3.63. The van der Waals surface area contributed by atoms with Gasteiger partial charge in [-0.25, -0.2) is 4.79 Å². The fraction of sp³-hybridized carbons (Fsp3) is 0.316. The molecular formula is C19H20BrNO3. The van der Waals surface area contributed by atoms with Crippen molar-refractivity contribution in [1.29, 1.82) is 0 Å². The van der Waals surface area contributed by atoms with Gasteiger partial charge in [0.15, 0.2) is 0 Å². The average Bonchev–Trinajstić information content (AvgIpc) is 2.65. The number of anilines is 1. The van der Waals surface area contributed by atoms with Crippen molar-refractivity contribution < 1.29 is 14.3 Å². The highest BCUT2D eigenvalue weighted by Gasteiger charge is 2.19. The third kappa shape index (κ3) is 3.90. The maximum absolute atomic E-state index is 11.9.